The van der Waals surface area contributed by atoms with Crippen LogP contribution < -0.4 is 4.74 Å². The van der Waals surface area contributed by atoms with Crippen molar-refractivity contribution in [1.82, 2.24) is 0 Å². The summed E-state index contributed by atoms with van der Waals surface area (Å²) in [6.45, 7) is 3.41. The minimum Gasteiger partial charge on any atom is -0.496 e. The van der Waals surface area contributed by atoms with Gasteiger partial charge in [-0.2, -0.15) is 0 Å². The Morgan fingerprint density at radius 1 is 1.38 bits per heavy atom. The lowest BCUT2D eigenvalue weighted by atomic mass is 9.97. The average molecular weight is 201 g/mol. The molecule has 0 saturated heterocycles. The van der Waals surface area contributed by atoms with Crippen molar-refractivity contribution in [2.45, 2.75) is 19.4 Å². The number of methoxy groups -OCH3 is 1. The number of benzene rings is 1. The minimum atomic E-state index is -0.907. The average Bonchev–Trinajstić information content (AvgIpc) is 2.01. The van der Waals surface area contributed by atoms with Crippen LogP contribution >= 0.6 is 11.6 Å². The van der Waals surface area contributed by atoms with Gasteiger partial charge in [-0.15, -0.1) is 0 Å². The highest BCUT2D eigenvalue weighted by Crippen LogP contribution is 2.31. The van der Waals surface area contributed by atoms with Crippen molar-refractivity contribution in [2.75, 3.05) is 7.11 Å². The summed E-state index contributed by atoms with van der Waals surface area (Å²) in [5.74, 6) is 0.611. The Kier molecular flexibility index (Phi) is 2.84. The predicted molar refractivity (Wildman–Crippen MR) is 53.2 cm³/mol. The first-order valence-corrected chi connectivity index (χ1v) is 4.39. The van der Waals surface area contributed by atoms with Crippen molar-refractivity contribution >= 4 is 11.6 Å². The first-order chi connectivity index (χ1) is 5.95. The zero-order chi connectivity index (χ0) is 10.1. The topological polar surface area (TPSA) is 29.5 Å². The molecule has 0 unspecified atom stereocenters. The highest BCUT2D eigenvalue weighted by atomic mass is 35.5. The number of halogens is 1. The van der Waals surface area contributed by atoms with Gasteiger partial charge in [0, 0.05) is 10.6 Å². The van der Waals surface area contributed by atoms with Crippen molar-refractivity contribution in [1.29, 1.82) is 0 Å². The molecule has 3 heteroatoms. The molecule has 0 amide bonds. The van der Waals surface area contributed by atoms with E-state index in [1.54, 1.807) is 39.2 Å². The Morgan fingerprint density at radius 3 is 2.46 bits per heavy atom. The summed E-state index contributed by atoms with van der Waals surface area (Å²) in [4.78, 5) is 0. The Labute approximate surface area is 83.1 Å². The van der Waals surface area contributed by atoms with Gasteiger partial charge in [0.25, 0.3) is 0 Å². The van der Waals surface area contributed by atoms with E-state index in [0.717, 1.165) is 5.56 Å². The maximum atomic E-state index is 9.77. The molecular weight excluding hydrogens is 188 g/mol. The smallest absolute Gasteiger partial charge is 0.126 e. The van der Waals surface area contributed by atoms with E-state index in [1.807, 2.05) is 0 Å². The van der Waals surface area contributed by atoms with Crippen LogP contribution in [0.25, 0.3) is 0 Å². The second-order valence-corrected chi connectivity index (χ2v) is 3.84. The van der Waals surface area contributed by atoms with Crippen LogP contribution in [-0.2, 0) is 5.60 Å². The van der Waals surface area contributed by atoms with Gasteiger partial charge in [0.05, 0.1) is 12.7 Å². The summed E-state index contributed by atoms with van der Waals surface area (Å²) in [7, 11) is 1.56. The van der Waals surface area contributed by atoms with Crippen molar-refractivity contribution in [3.8, 4) is 5.75 Å². The van der Waals surface area contributed by atoms with Gasteiger partial charge >= 0.3 is 0 Å². The third-order valence-corrected chi connectivity index (χ3v) is 2.06. The highest BCUT2D eigenvalue weighted by molar-refractivity contribution is 6.30. The largest absolute Gasteiger partial charge is 0.496 e. The third kappa shape index (κ3) is 2.36. The van der Waals surface area contributed by atoms with Crippen LogP contribution in [-0.4, -0.2) is 12.2 Å². The predicted octanol–water partition coefficient (Wildman–Crippen LogP) is 2.58. The summed E-state index contributed by atoms with van der Waals surface area (Å²) < 4.78 is 5.11. The summed E-state index contributed by atoms with van der Waals surface area (Å²) >= 11 is 5.78. The van der Waals surface area contributed by atoms with Crippen LogP contribution in [0, 0.1) is 0 Å². The standard InChI is InChI=1S/C10H13ClO2/c1-10(2,12)8-5-4-7(11)6-9(8)13-3/h4-6,12H,1-3H3. The van der Waals surface area contributed by atoms with E-state index < -0.39 is 5.60 Å². The van der Waals surface area contributed by atoms with Crippen LogP contribution in [0.4, 0.5) is 0 Å². The highest BCUT2D eigenvalue weighted by Gasteiger charge is 2.20. The molecule has 0 aliphatic rings. The number of rotatable bonds is 2. The van der Waals surface area contributed by atoms with E-state index in [9.17, 15) is 5.11 Å². The molecule has 1 rings (SSSR count). The van der Waals surface area contributed by atoms with Crippen LogP contribution in [0.5, 0.6) is 5.75 Å². The lowest BCUT2D eigenvalue weighted by Crippen LogP contribution is -2.16. The molecule has 72 valence electrons. The third-order valence-electron chi connectivity index (χ3n) is 1.82. The van der Waals surface area contributed by atoms with Crippen molar-refractivity contribution in [3.05, 3.63) is 28.8 Å². The Balaban J connectivity index is 3.22. The number of hydrogen-bond donors (Lipinski definition) is 1. The summed E-state index contributed by atoms with van der Waals surface area (Å²) in [5, 5.41) is 10.4. The molecule has 1 aromatic rings. The summed E-state index contributed by atoms with van der Waals surface area (Å²) in [5.41, 5.74) is -0.171. The fourth-order valence-electron chi connectivity index (χ4n) is 1.17. The molecule has 0 fully saturated rings. The molecule has 0 spiro atoms. The first-order valence-electron chi connectivity index (χ1n) is 4.01. The van der Waals surface area contributed by atoms with Crippen molar-refractivity contribution in [2.24, 2.45) is 0 Å². The van der Waals surface area contributed by atoms with E-state index in [1.165, 1.54) is 0 Å². The van der Waals surface area contributed by atoms with Gasteiger partial charge in [-0.3, -0.25) is 0 Å². The van der Waals surface area contributed by atoms with E-state index in [-0.39, 0.29) is 0 Å². The molecule has 0 saturated carbocycles. The number of aliphatic hydroxyl groups is 1. The summed E-state index contributed by atoms with van der Waals surface area (Å²) in [6, 6.07) is 5.19. The van der Waals surface area contributed by atoms with Gasteiger partial charge in [-0.1, -0.05) is 17.7 Å². The number of ether oxygens (including phenoxy) is 1. The van der Waals surface area contributed by atoms with E-state index in [4.69, 9.17) is 16.3 Å². The molecule has 0 aliphatic carbocycles. The molecular formula is C10H13ClO2. The summed E-state index contributed by atoms with van der Waals surface area (Å²) in [6.07, 6.45) is 0. The van der Waals surface area contributed by atoms with Gasteiger partial charge in [-0.25, -0.2) is 0 Å². The fraction of sp³-hybridized carbons (Fsp3) is 0.400. The molecule has 1 N–H and O–H groups in total. The van der Waals surface area contributed by atoms with Gasteiger partial charge in [0.15, 0.2) is 0 Å². The second kappa shape index (κ2) is 3.56. The Hall–Kier alpha value is -0.730. The number of hydrogen-bond acceptors (Lipinski definition) is 2. The maximum Gasteiger partial charge on any atom is 0.126 e. The first kappa shape index (κ1) is 10.4. The molecule has 1 aromatic carbocycles. The van der Waals surface area contributed by atoms with Crippen LogP contribution in [0.2, 0.25) is 5.02 Å². The van der Waals surface area contributed by atoms with Gasteiger partial charge < -0.3 is 9.84 Å². The molecule has 0 heterocycles. The van der Waals surface area contributed by atoms with Crippen molar-refractivity contribution < 1.29 is 9.84 Å². The second-order valence-electron chi connectivity index (χ2n) is 3.40. The SMILES string of the molecule is COc1cc(Cl)ccc1C(C)(C)O. The van der Waals surface area contributed by atoms with Crippen LogP contribution in [0.15, 0.2) is 18.2 Å². The lowest BCUT2D eigenvalue weighted by molar-refractivity contribution is 0.0756. The van der Waals surface area contributed by atoms with Gasteiger partial charge in [0.1, 0.15) is 5.75 Å². The Bertz CT molecular complexity index is 302. The quantitative estimate of drug-likeness (QED) is 0.795. The zero-order valence-electron chi connectivity index (χ0n) is 7.97. The normalized spacial score (nSPS) is 11.5. The fourth-order valence-corrected chi connectivity index (χ4v) is 1.33. The molecule has 13 heavy (non-hydrogen) atoms. The van der Waals surface area contributed by atoms with Gasteiger partial charge in [-0.05, 0) is 26.0 Å². The maximum absolute atomic E-state index is 9.77. The Morgan fingerprint density at radius 2 is 2.00 bits per heavy atom. The molecule has 2 nitrogen and oxygen atoms in total. The minimum absolute atomic E-state index is 0.602. The van der Waals surface area contributed by atoms with Crippen LogP contribution in [0.1, 0.15) is 19.4 Å². The molecule has 0 aliphatic heterocycles. The van der Waals surface area contributed by atoms with Crippen molar-refractivity contribution in [3.63, 3.8) is 0 Å². The molecule has 0 bridgehead atoms. The van der Waals surface area contributed by atoms with Gasteiger partial charge in [0.2, 0.25) is 0 Å². The van der Waals surface area contributed by atoms with E-state index in [2.05, 4.69) is 0 Å². The van der Waals surface area contributed by atoms with Crippen LogP contribution in [0.3, 0.4) is 0 Å². The molecule has 0 radical (unpaired) electrons. The molecule has 0 aromatic heterocycles. The monoisotopic (exact) mass is 200 g/mol. The zero-order valence-corrected chi connectivity index (χ0v) is 8.72. The lowest BCUT2D eigenvalue weighted by Gasteiger charge is -2.20. The van der Waals surface area contributed by atoms with E-state index in [0.29, 0.717) is 10.8 Å². The van der Waals surface area contributed by atoms with E-state index >= 15 is 0 Å². The molecule has 0 atom stereocenters.